The van der Waals surface area contributed by atoms with Crippen molar-refractivity contribution in [1.82, 2.24) is 15.1 Å². The highest BCUT2D eigenvalue weighted by Gasteiger charge is 2.13. The van der Waals surface area contributed by atoms with Crippen LogP contribution in [-0.4, -0.2) is 55.5 Å². The molecule has 156 valence electrons. The molecule has 0 aromatic heterocycles. The Morgan fingerprint density at radius 3 is 2.45 bits per heavy atom. The van der Waals surface area contributed by atoms with Crippen LogP contribution in [0.3, 0.4) is 0 Å². The van der Waals surface area contributed by atoms with Gasteiger partial charge in [0, 0.05) is 45.7 Å². The molecule has 1 aliphatic heterocycles. The lowest BCUT2D eigenvalue weighted by molar-refractivity contribution is -0.121. The molecule has 3 rings (SSSR count). The Balaban J connectivity index is 1.32. The summed E-state index contributed by atoms with van der Waals surface area (Å²) in [4.78, 5) is 16.9. The number of ether oxygens (including phenoxy) is 1. The molecule has 1 heterocycles. The second-order valence-corrected chi connectivity index (χ2v) is 8.41. The molecule has 2 aromatic carbocycles. The molecular formula is C23H30BrN3O2. The molecule has 1 aliphatic rings. The molecular weight excluding hydrogens is 430 g/mol. The molecule has 1 amide bonds. The zero-order chi connectivity index (χ0) is 20.5. The summed E-state index contributed by atoms with van der Waals surface area (Å²) in [5, 5.41) is 3.00. The van der Waals surface area contributed by atoms with Gasteiger partial charge in [-0.25, -0.2) is 0 Å². The van der Waals surface area contributed by atoms with Crippen LogP contribution in [0.25, 0.3) is 0 Å². The van der Waals surface area contributed by atoms with Gasteiger partial charge in [-0.3, -0.25) is 9.69 Å². The van der Waals surface area contributed by atoms with Gasteiger partial charge in [-0.15, -0.1) is 0 Å². The van der Waals surface area contributed by atoms with E-state index < -0.39 is 0 Å². The number of piperazine rings is 1. The zero-order valence-electron chi connectivity index (χ0n) is 17.1. The van der Waals surface area contributed by atoms with Crippen LogP contribution in [-0.2, 0) is 17.9 Å². The Bertz CT molecular complexity index is 774. The number of hydrogen-bond donors (Lipinski definition) is 1. The van der Waals surface area contributed by atoms with Gasteiger partial charge in [0.2, 0.25) is 5.91 Å². The Kier molecular flexibility index (Phi) is 8.52. The summed E-state index contributed by atoms with van der Waals surface area (Å²) in [7, 11) is 2.18. The highest BCUT2D eigenvalue weighted by Crippen LogP contribution is 2.23. The third-order valence-corrected chi connectivity index (χ3v) is 5.81. The number of likely N-dealkylation sites (N-methyl/N-ethyl adjacent to an activating group) is 1. The van der Waals surface area contributed by atoms with Gasteiger partial charge in [0.05, 0.1) is 11.1 Å². The molecule has 0 radical (unpaired) electrons. The normalized spacial score (nSPS) is 15.2. The number of hydrogen-bond acceptors (Lipinski definition) is 4. The predicted molar refractivity (Wildman–Crippen MR) is 120 cm³/mol. The van der Waals surface area contributed by atoms with E-state index in [1.54, 1.807) is 0 Å². The molecule has 0 spiro atoms. The Morgan fingerprint density at radius 2 is 1.72 bits per heavy atom. The molecule has 1 saturated heterocycles. The average Bonchev–Trinajstić information content (AvgIpc) is 2.73. The fourth-order valence-corrected chi connectivity index (χ4v) is 3.69. The van der Waals surface area contributed by atoms with Crippen LogP contribution in [0.4, 0.5) is 0 Å². The van der Waals surface area contributed by atoms with Gasteiger partial charge in [0.15, 0.2) is 0 Å². The van der Waals surface area contributed by atoms with Crippen molar-refractivity contribution in [1.29, 1.82) is 0 Å². The molecule has 1 fully saturated rings. The van der Waals surface area contributed by atoms with Crippen LogP contribution in [0.15, 0.2) is 53.0 Å². The fraction of sp³-hybridized carbons (Fsp3) is 0.435. The van der Waals surface area contributed by atoms with Crippen molar-refractivity contribution in [3.05, 3.63) is 64.1 Å². The Morgan fingerprint density at radius 1 is 1.03 bits per heavy atom. The molecule has 5 nitrogen and oxygen atoms in total. The summed E-state index contributed by atoms with van der Waals surface area (Å²) in [6, 6.07) is 16.3. The van der Waals surface area contributed by atoms with Gasteiger partial charge < -0.3 is 15.0 Å². The van der Waals surface area contributed by atoms with Crippen molar-refractivity contribution in [3.8, 4) is 5.75 Å². The van der Waals surface area contributed by atoms with Gasteiger partial charge in [0.25, 0.3) is 0 Å². The van der Waals surface area contributed by atoms with Gasteiger partial charge in [-0.05, 0) is 52.7 Å². The first-order valence-corrected chi connectivity index (χ1v) is 11.0. The zero-order valence-corrected chi connectivity index (χ0v) is 18.7. The van der Waals surface area contributed by atoms with Crippen LogP contribution in [0, 0.1) is 0 Å². The highest BCUT2D eigenvalue weighted by atomic mass is 79.9. The van der Waals surface area contributed by atoms with E-state index in [9.17, 15) is 4.79 Å². The summed E-state index contributed by atoms with van der Waals surface area (Å²) >= 11 is 3.45. The van der Waals surface area contributed by atoms with Crippen LogP contribution in [0.1, 0.15) is 24.0 Å². The smallest absolute Gasteiger partial charge is 0.220 e. The first-order chi connectivity index (χ1) is 14.1. The molecule has 29 heavy (non-hydrogen) atoms. The van der Waals surface area contributed by atoms with E-state index in [0.29, 0.717) is 26.0 Å². The highest BCUT2D eigenvalue weighted by molar-refractivity contribution is 9.10. The average molecular weight is 460 g/mol. The van der Waals surface area contributed by atoms with Crippen molar-refractivity contribution in [3.63, 3.8) is 0 Å². The largest absolute Gasteiger partial charge is 0.492 e. The van der Waals surface area contributed by atoms with Crippen LogP contribution in [0.5, 0.6) is 5.75 Å². The summed E-state index contributed by atoms with van der Waals surface area (Å²) in [5.41, 5.74) is 2.46. The molecule has 1 N–H and O–H groups in total. The summed E-state index contributed by atoms with van der Waals surface area (Å²) in [6.45, 7) is 6.61. The first kappa shape index (κ1) is 21.8. The SMILES string of the molecule is CN1CCN(Cc2ccc(CNC(=O)CCCOc3ccccc3Br)cc2)CC1. The van der Waals surface area contributed by atoms with Crippen molar-refractivity contribution in [2.75, 3.05) is 39.8 Å². The second-order valence-electron chi connectivity index (χ2n) is 7.56. The standard InChI is InChI=1S/C23H30BrN3O2/c1-26-12-14-27(15-13-26)18-20-10-8-19(9-11-20)17-25-23(28)7-4-16-29-22-6-3-2-5-21(22)24/h2-3,5-6,8-11H,4,7,12-18H2,1H3,(H,25,28). The van der Waals surface area contributed by atoms with E-state index in [-0.39, 0.29) is 5.91 Å². The quantitative estimate of drug-likeness (QED) is 0.581. The summed E-state index contributed by atoms with van der Waals surface area (Å²) < 4.78 is 6.63. The molecule has 0 saturated carbocycles. The van der Waals surface area contributed by atoms with Gasteiger partial charge in [-0.1, -0.05) is 36.4 Å². The first-order valence-electron chi connectivity index (χ1n) is 10.2. The number of halogens is 1. The lowest BCUT2D eigenvalue weighted by Gasteiger charge is -2.32. The monoisotopic (exact) mass is 459 g/mol. The maximum atomic E-state index is 12.1. The Labute approximate surface area is 182 Å². The summed E-state index contributed by atoms with van der Waals surface area (Å²) in [5.74, 6) is 0.867. The van der Waals surface area contributed by atoms with Gasteiger partial charge >= 0.3 is 0 Å². The van der Waals surface area contributed by atoms with E-state index in [1.807, 2.05) is 24.3 Å². The number of carbonyl (C=O) groups is 1. The topological polar surface area (TPSA) is 44.8 Å². The number of rotatable bonds is 9. The molecule has 0 atom stereocenters. The molecule has 0 bridgehead atoms. The van der Waals surface area contributed by atoms with E-state index in [0.717, 1.165) is 48.5 Å². The number of nitrogens with one attached hydrogen (secondary N) is 1. The van der Waals surface area contributed by atoms with E-state index in [1.165, 1.54) is 5.56 Å². The van der Waals surface area contributed by atoms with E-state index >= 15 is 0 Å². The van der Waals surface area contributed by atoms with Crippen LogP contribution >= 0.6 is 15.9 Å². The van der Waals surface area contributed by atoms with Crippen molar-refractivity contribution in [2.24, 2.45) is 0 Å². The van der Waals surface area contributed by atoms with Crippen LogP contribution in [0.2, 0.25) is 0 Å². The Hall–Kier alpha value is -1.89. The van der Waals surface area contributed by atoms with Gasteiger partial charge in [-0.2, -0.15) is 0 Å². The summed E-state index contributed by atoms with van der Waals surface area (Å²) in [6.07, 6.45) is 1.16. The predicted octanol–water partition coefficient (Wildman–Crippen LogP) is 3.67. The minimum absolute atomic E-state index is 0.0576. The maximum Gasteiger partial charge on any atom is 0.220 e. The number of nitrogens with zero attached hydrogens (tertiary/aromatic N) is 2. The number of amides is 1. The van der Waals surface area contributed by atoms with E-state index in [2.05, 4.69) is 62.4 Å². The maximum absolute atomic E-state index is 12.1. The van der Waals surface area contributed by atoms with E-state index in [4.69, 9.17) is 4.74 Å². The lowest BCUT2D eigenvalue weighted by Crippen LogP contribution is -2.43. The molecule has 6 heteroatoms. The lowest BCUT2D eigenvalue weighted by atomic mass is 10.1. The van der Waals surface area contributed by atoms with Crippen molar-refractivity contribution >= 4 is 21.8 Å². The number of carbonyl (C=O) groups excluding carboxylic acids is 1. The fourth-order valence-electron chi connectivity index (χ4n) is 3.29. The second kappa shape index (κ2) is 11.3. The third kappa shape index (κ3) is 7.46. The number of para-hydroxylation sites is 1. The van der Waals surface area contributed by atoms with Crippen molar-refractivity contribution < 1.29 is 9.53 Å². The van der Waals surface area contributed by atoms with Crippen LogP contribution < -0.4 is 10.1 Å². The van der Waals surface area contributed by atoms with Gasteiger partial charge in [0.1, 0.15) is 5.75 Å². The third-order valence-electron chi connectivity index (χ3n) is 5.16. The minimum atomic E-state index is 0.0576. The molecule has 0 unspecified atom stereocenters. The molecule has 2 aromatic rings. The van der Waals surface area contributed by atoms with Crippen molar-refractivity contribution in [2.45, 2.75) is 25.9 Å². The molecule has 0 aliphatic carbocycles. The number of benzene rings is 2. The minimum Gasteiger partial charge on any atom is -0.492 e.